The number of hydrogen-bond donors (Lipinski definition) is 1. The zero-order valence-corrected chi connectivity index (χ0v) is 9.56. The first-order valence-electron chi connectivity index (χ1n) is 5.98. The van der Waals surface area contributed by atoms with Gasteiger partial charge in [0.15, 0.2) is 0 Å². The standard InChI is InChI=1S/C11H20N2S/c1-2-9(3-1)11-7-13-4-5-14-8-10(13)6-12-11/h9-12H,1-8H2. The van der Waals surface area contributed by atoms with E-state index in [1.54, 1.807) is 0 Å². The number of piperazine rings is 1. The molecule has 3 heteroatoms. The van der Waals surface area contributed by atoms with Gasteiger partial charge in [-0.2, -0.15) is 11.8 Å². The van der Waals surface area contributed by atoms with Gasteiger partial charge in [-0.15, -0.1) is 0 Å². The average molecular weight is 212 g/mol. The van der Waals surface area contributed by atoms with E-state index < -0.39 is 0 Å². The van der Waals surface area contributed by atoms with Crippen molar-refractivity contribution < 1.29 is 0 Å². The summed E-state index contributed by atoms with van der Waals surface area (Å²) in [5, 5.41) is 3.77. The Balaban J connectivity index is 1.59. The van der Waals surface area contributed by atoms with Crippen molar-refractivity contribution >= 4 is 11.8 Å². The van der Waals surface area contributed by atoms with E-state index in [1.165, 1.54) is 50.4 Å². The summed E-state index contributed by atoms with van der Waals surface area (Å²) in [6.07, 6.45) is 4.43. The van der Waals surface area contributed by atoms with Gasteiger partial charge < -0.3 is 5.32 Å². The van der Waals surface area contributed by atoms with Gasteiger partial charge in [0.2, 0.25) is 0 Å². The molecular formula is C11H20N2S. The van der Waals surface area contributed by atoms with Gasteiger partial charge in [-0.3, -0.25) is 4.90 Å². The van der Waals surface area contributed by atoms with E-state index in [4.69, 9.17) is 0 Å². The summed E-state index contributed by atoms with van der Waals surface area (Å²) in [6, 6.07) is 1.66. The van der Waals surface area contributed by atoms with Crippen molar-refractivity contribution in [2.45, 2.75) is 31.3 Å². The predicted octanol–water partition coefficient (Wildman–Crippen LogP) is 1.18. The summed E-state index contributed by atoms with van der Waals surface area (Å²) in [4.78, 5) is 2.73. The van der Waals surface area contributed by atoms with E-state index in [-0.39, 0.29) is 0 Å². The molecule has 2 atom stereocenters. The fourth-order valence-electron chi connectivity index (χ4n) is 2.88. The molecular weight excluding hydrogens is 192 g/mol. The third kappa shape index (κ3) is 1.70. The smallest absolute Gasteiger partial charge is 0.0312 e. The van der Waals surface area contributed by atoms with Gasteiger partial charge in [0.1, 0.15) is 0 Å². The minimum atomic E-state index is 0.822. The minimum Gasteiger partial charge on any atom is -0.311 e. The van der Waals surface area contributed by atoms with Crippen molar-refractivity contribution in [2.24, 2.45) is 5.92 Å². The molecule has 2 aliphatic heterocycles. The highest BCUT2D eigenvalue weighted by Crippen LogP contribution is 2.32. The van der Waals surface area contributed by atoms with E-state index in [0.717, 1.165) is 18.0 Å². The molecule has 0 bridgehead atoms. The lowest BCUT2D eigenvalue weighted by Crippen LogP contribution is -2.61. The summed E-state index contributed by atoms with van der Waals surface area (Å²) < 4.78 is 0. The lowest BCUT2D eigenvalue weighted by Gasteiger charge is -2.47. The fraction of sp³-hybridized carbons (Fsp3) is 1.00. The minimum absolute atomic E-state index is 0.822. The molecule has 1 saturated carbocycles. The predicted molar refractivity (Wildman–Crippen MR) is 61.8 cm³/mol. The molecule has 0 spiro atoms. The van der Waals surface area contributed by atoms with E-state index in [1.807, 2.05) is 0 Å². The second-order valence-electron chi connectivity index (χ2n) is 4.93. The third-order valence-corrected chi connectivity index (χ3v) is 5.21. The molecule has 1 N–H and O–H groups in total. The van der Waals surface area contributed by atoms with Crippen LogP contribution in [0.2, 0.25) is 0 Å². The third-order valence-electron chi connectivity index (χ3n) is 4.12. The van der Waals surface area contributed by atoms with E-state index in [2.05, 4.69) is 22.0 Å². The van der Waals surface area contributed by atoms with Crippen molar-refractivity contribution in [1.29, 1.82) is 0 Å². The Morgan fingerprint density at radius 1 is 1.29 bits per heavy atom. The van der Waals surface area contributed by atoms with Gasteiger partial charge in [0.25, 0.3) is 0 Å². The van der Waals surface area contributed by atoms with Crippen LogP contribution in [0.25, 0.3) is 0 Å². The summed E-state index contributed by atoms with van der Waals surface area (Å²) in [5.41, 5.74) is 0. The Kier molecular flexibility index (Phi) is 2.73. The van der Waals surface area contributed by atoms with Crippen molar-refractivity contribution in [3.05, 3.63) is 0 Å². The molecule has 2 saturated heterocycles. The zero-order chi connectivity index (χ0) is 9.38. The summed E-state index contributed by atoms with van der Waals surface area (Å²) in [6.45, 7) is 3.91. The Morgan fingerprint density at radius 3 is 3.00 bits per heavy atom. The zero-order valence-electron chi connectivity index (χ0n) is 8.74. The molecule has 3 fully saturated rings. The van der Waals surface area contributed by atoms with Crippen LogP contribution < -0.4 is 5.32 Å². The van der Waals surface area contributed by atoms with Gasteiger partial charge >= 0.3 is 0 Å². The molecule has 2 unspecified atom stereocenters. The summed E-state index contributed by atoms with van der Waals surface area (Å²) >= 11 is 2.13. The fourth-order valence-corrected chi connectivity index (χ4v) is 4.01. The highest BCUT2D eigenvalue weighted by Gasteiger charge is 2.35. The topological polar surface area (TPSA) is 15.3 Å². The maximum atomic E-state index is 3.77. The normalized spacial score (nSPS) is 40.3. The summed E-state index contributed by atoms with van der Waals surface area (Å²) in [7, 11) is 0. The van der Waals surface area contributed by atoms with Gasteiger partial charge in [0, 0.05) is 43.2 Å². The largest absolute Gasteiger partial charge is 0.311 e. The molecule has 0 amide bonds. The Hall–Kier alpha value is 0.270. The first-order chi connectivity index (χ1) is 6.93. The second kappa shape index (κ2) is 4.03. The lowest BCUT2D eigenvalue weighted by molar-refractivity contribution is 0.0960. The van der Waals surface area contributed by atoms with E-state index in [0.29, 0.717) is 0 Å². The second-order valence-corrected chi connectivity index (χ2v) is 6.08. The van der Waals surface area contributed by atoms with Gasteiger partial charge in [-0.25, -0.2) is 0 Å². The van der Waals surface area contributed by atoms with Crippen LogP contribution in [0.4, 0.5) is 0 Å². The molecule has 3 rings (SSSR count). The summed E-state index contributed by atoms with van der Waals surface area (Å²) in [5.74, 6) is 3.71. The van der Waals surface area contributed by atoms with Crippen LogP contribution in [0.15, 0.2) is 0 Å². The van der Waals surface area contributed by atoms with Gasteiger partial charge in [0.05, 0.1) is 0 Å². The molecule has 0 aromatic rings. The van der Waals surface area contributed by atoms with Crippen LogP contribution in [0, 0.1) is 5.92 Å². The quantitative estimate of drug-likeness (QED) is 0.702. The Bertz CT molecular complexity index is 205. The number of rotatable bonds is 1. The SMILES string of the molecule is C1CC(C2CN3CCSCC3CN2)C1. The van der Waals surface area contributed by atoms with Crippen LogP contribution in [-0.2, 0) is 0 Å². The van der Waals surface area contributed by atoms with Crippen molar-refractivity contribution in [3.63, 3.8) is 0 Å². The van der Waals surface area contributed by atoms with Crippen LogP contribution in [-0.4, -0.2) is 48.1 Å². The maximum Gasteiger partial charge on any atom is 0.0312 e. The number of nitrogens with one attached hydrogen (secondary N) is 1. The molecule has 3 aliphatic rings. The average Bonchev–Trinajstić information content (AvgIpc) is 2.15. The molecule has 80 valence electrons. The molecule has 2 heterocycles. The van der Waals surface area contributed by atoms with Crippen molar-refractivity contribution in [2.75, 3.05) is 31.1 Å². The molecule has 0 aromatic heterocycles. The first-order valence-corrected chi connectivity index (χ1v) is 7.14. The van der Waals surface area contributed by atoms with Crippen LogP contribution in [0.5, 0.6) is 0 Å². The highest BCUT2D eigenvalue weighted by atomic mass is 32.2. The van der Waals surface area contributed by atoms with E-state index >= 15 is 0 Å². The van der Waals surface area contributed by atoms with Gasteiger partial charge in [-0.1, -0.05) is 6.42 Å². The van der Waals surface area contributed by atoms with Crippen molar-refractivity contribution in [3.8, 4) is 0 Å². The van der Waals surface area contributed by atoms with Crippen LogP contribution >= 0.6 is 11.8 Å². The number of fused-ring (bicyclic) bond motifs is 1. The monoisotopic (exact) mass is 212 g/mol. The number of nitrogens with zero attached hydrogens (tertiary/aromatic N) is 1. The highest BCUT2D eigenvalue weighted by molar-refractivity contribution is 7.99. The molecule has 0 aromatic carbocycles. The molecule has 1 aliphatic carbocycles. The molecule has 14 heavy (non-hydrogen) atoms. The first kappa shape index (κ1) is 9.49. The Morgan fingerprint density at radius 2 is 2.21 bits per heavy atom. The Labute approximate surface area is 90.8 Å². The molecule has 2 nitrogen and oxygen atoms in total. The van der Waals surface area contributed by atoms with Crippen LogP contribution in [0.1, 0.15) is 19.3 Å². The van der Waals surface area contributed by atoms with Crippen molar-refractivity contribution in [1.82, 2.24) is 10.2 Å². The number of hydrogen-bond acceptors (Lipinski definition) is 3. The number of thioether (sulfide) groups is 1. The van der Waals surface area contributed by atoms with Gasteiger partial charge in [-0.05, 0) is 18.8 Å². The maximum absolute atomic E-state index is 3.77. The molecule has 0 radical (unpaired) electrons. The van der Waals surface area contributed by atoms with E-state index in [9.17, 15) is 0 Å². The lowest BCUT2D eigenvalue weighted by atomic mass is 9.78. The van der Waals surface area contributed by atoms with Crippen LogP contribution in [0.3, 0.4) is 0 Å².